The first-order chi connectivity index (χ1) is 16.2. The lowest BCUT2D eigenvalue weighted by Gasteiger charge is -2.11. The minimum atomic E-state index is -0.647. The highest BCUT2D eigenvalue weighted by Crippen LogP contribution is 2.36. The molecule has 4 rings (SSSR count). The van der Waals surface area contributed by atoms with Gasteiger partial charge in [0, 0.05) is 22.2 Å². The molecule has 1 aliphatic heterocycles. The number of rotatable bonds is 6. The number of esters is 1. The molecule has 34 heavy (non-hydrogen) atoms. The molecule has 0 fully saturated rings. The van der Waals surface area contributed by atoms with E-state index in [1.807, 2.05) is 18.2 Å². The van der Waals surface area contributed by atoms with Crippen LogP contribution in [-0.2, 0) is 16.1 Å². The number of aryl methyl sites for hydroxylation is 1. The number of nitro benzene ring substituents is 1. The van der Waals surface area contributed by atoms with Gasteiger partial charge in [-0.1, -0.05) is 29.8 Å². The number of nitrogens with zero attached hydrogens (tertiary/aromatic N) is 2. The van der Waals surface area contributed by atoms with Crippen molar-refractivity contribution in [3.63, 3.8) is 0 Å². The van der Waals surface area contributed by atoms with Gasteiger partial charge < -0.3 is 9.47 Å². The second kappa shape index (κ2) is 10.1. The van der Waals surface area contributed by atoms with E-state index < -0.39 is 10.9 Å². The minimum Gasteiger partial charge on any atom is -0.487 e. The highest BCUT2D eigenvalue weighted by Gasteiger charge is 2.26. The van der Waals surface area contributed by atoms with Crippen LogP contribution in [0.1, 0.15) is 22.3 Å². The quantitative estimate of drug-likeness (QED) is 0.130. The van der Waals surface area contributed by atoms with Crippen LogP contribution in [0.15, 0.2) is 74.2 Å². The number of ether oxygens (including phenoxy) is 2. The normalized spacial score (nSPS) is 14.2. The monoisotopic (exact) mass is 604 g/mol. The van der Waals surface area contributed by atoms with Gasteiger partial charge in [0.15, 0.2) is 5.70 Å². The number of carbonyl (C=O) groups excluding carboxylic acids is 1. The third-order valence-electron chi connectivity index (χ3n) is 4.87. The first-order valence-electron chi connectivity index (χ1n) is 9.85. The van der Waals surface area contributed by atoms with E-state index in [9.17, 15) is 14.9 Å². The van der Waals surface area contributed by atoms with E-state index in [0.717, 1.165) is 5.56 Å². The van der Waals surface area contributed by atoms with Crippen LogP contribution in [-0.4, -0.2) is 16.8 Å². The average molecular weight is 607 g/mol. The largest absolute Gasteiger partial charge is 0.487 e. The fourth-order valence-electron chi connectivity index (χ4n) is 3.21. The molecule has 0 saturated heterocycles. The Morgan fingerprint density at radius 1 is 1.15 bits per heavy atom. The van der Waals surface area contributed by atoms with Crippen LogP contribution >= 0.6 is 43.5 Å². The van der Waals surface area contributed by atoms with Crippen molar-refractivity contribution in [2.24, 2.45) is 4.99 Å². The van der Waals surface area contributed by atoms with Crippen LogP contribution in [0, 0.1) is 17.0 Å². The maximum atomic E-state index is 12.4. The van der Waals surface area contributed by atoms with Gasteiger partial charge in [0.2, 0.25) is 5.90 Å². The van der Waals surface area contributed by atoms with Crippen LogP contribution in [0.25, 0.3) is 6.08 Å². The van der Waals surface area contributed by atoms with Gasteiger partial charge in [0.1, 0.15) is 12.4 Å². The molecule has 0 bridgehead atoms. The summed E-state index contributed by atoms with van der Waals surface area (Å²) in [5, 5.41) is 11.8. The molecule has 172 valence electrons. The van der Waals surface area contributed by atoms with E-state index in [1.165, 1.54) is 6.07 Å². The zero-order valence-corrected chi connectivity index (χ0v) is 21.5. The van der Waals surface area contributed by atoms with E-state index in [-0.39, 0.29) is 17.3 Å². The summed E-state index contributed by atoms with van der Waals surface area (Å²) in [6.07, 6.45) is 1.56. The van der Waals surface area contributed by atoms with Gasteiger partial charge in [-0.25, -0.2) is 9.79 Å². The van der Waals surface area contributed by atoms with Crippen LogP contribution in [0.4, 0.5) is 5.69 Å². The molecule has 0 amide bonds. The first kappa shape index (κ1) is 24.1. The maximum Gasteiger partial charge on any atom is 0.363 e. The number of hydrogen-bond acceptors (Lipinski definition) is 6. The number of aliphatic imine (C=N–C) groups is 1. The Morgan fingerprint density at radius 2 is 1.88 bits per heavy atom. The summed E-state index contributed by atoms with van der Waals surface area (Å²) >= 11 is 13.0. The van der Waals surface area contributed by atoms with Crippen molar-refractivity contribution < 1.29 is 19.2 Å². The maximum absolute atomic E-state index is 12.4. The molecule has 0 N–H and O–H groups in total. The smallest absolute Gasteiger partial charge is 0.363 e. The fraction of sp³-hybridized carbons (Fsp3) is 0.0833. The number of carbonyl (C=O) groups is 1. The predicted octanol–water partition coefficient (Wildman–Crippen LogP) is 7.01. The van der Waals surface area contributed by atoms with Crippen LogP contribution < -0.4 is 4.74 Å². The van der Waals surface area contributed by atoms with Crippen molar-refractivity contribution in [2.45, 2.75) is 13.5 Å². The van der Waals surface area contributed by atoms with E-state index in [0.29, 0.717) is 43.0 Å². The summed E-state index contributed by atoms with van der Waals surface area (Å²) in [7, 11) is 0. The Labute approximate surface area is 216 Å². The second-order valence-electron chi connectivity index (χ2n) is 7.33. The third-order valence-corrected chi connectivity index (χ3v) is 6.28. The molecule has 3 aromatic carbocycles. The van der Waals surface area contributed by atoms with Gasteiger partial charge in [0.05, 0.1) is 13.9 Å². The fourth-order valence-corrected chi connectivity index (χ4v) is 4.88. The van der Waals surface area contributed by atoms with Crippen molar-refractivity contribution >= 4 is 67.1 Å². The molecule has 1 heterocycles. The van der Waals surface area contributed by atoms with Crippen molar-refractivity contribution in [1.29, 1.82) is 0 Å². The first-order valence-corrected chi connectivity index (χ1v) is 11.8. The lowest BCUT2D eigenvalue weighted by atomic mass is 10.1. The Morgan fingerprint density at radius 3 is 2.56 bits per heavy atom. The van der Waals surface area contributed by atoms with E-state index in [1.54, 1.807) is 43.3 Å². The molecule has 0 spiro atoms. The lowest BCUT2D eigenvalue weighted by Crippen LogP contribution is -2.06. The molecule has 7 nitrogen and oxygen atoms in total. The lowest BCUT2D eigenvalue weighted by molar-refractivity contribution is -0.385. The van der Waals surface area contributed by atoms with Gasteiger partial charge in [-0.15, -0.1) is 0 Å². The van der Waals surface area contributed by atoms with E-state index in [4.69, 9.17) is 21.1 Å². The zero-order chi connectivity index (χ0) is 24.4. The molecule has 0 unspecified atom stereocenters. The number of benzene rings is 3. The zero-order valence-electron chi connectivity index (χ0n) is 17.6. The highest BCUT2D eigenvalue weighted by atomic mass is 79.9. The van der Waals surface area contributed by atoms with Gasteiger partial charge in [0.25, 0.3) is 5.69 Å². The van der Waals surface area contributed by atoms with Crippen LogP contribution in [0.3, 0.4) is 0 Å². The van der Waals surface area contributed by atoms with Gasteiger partial charge in [-0.2, -0.15) is 0 Å². The number of nitro groups is 1. The predicted molar refractivity (Wildman–Crippen MR) is 136 cm³/mol. The third kappa shape index (κ3) is 5.38. The molecule has 3 aromatic rings. The Bertz CT molecular complexity index is 1360. The van der Waals surface area contributed by atoms with Crippen molar-refractivity contribution in [3.8, 4) is 5.75 Å². The Kier molecular flexibility index (Phi) is 7.16. The second-order valence-corrected chi connectivity index (χ2v) is 9.47. The molecular formula is C24H15Br2ClN2O5. The number of cyclic esters (lactones) is 1. The summed E-state index contributed by atoms with van der Waals surface area (Å²) in [5.74, 6) is -0.0435. The molecular weight excluding hydrogens is 592 g/mol. The van der Waals surface area contributed by atoms with Gasteiger partial charge in [-0.05, 0) is 86.3 Å². The Hall–Kier alpha value is -3.01. The average Bonchev–Trinajstić information content (AvgIpc) is 3.13. The SMILES string of the molecule is Cc1ccc(C2=N/C(=C\c3cc(Br)c(OCc4cccc(Cl)c4)c(Br)c3)C(=O)O2)cc1[N+](=O)[O-]. The molecule has 1 aliphatic rings. The molecule has 0 atom stereocenters. The van der Waals surface area contributed by atoms with E-state index >= 15 is 0 Å². The number of halogens is 3. The summed E-state index contributed by atoms with van der Waals surface area (Å²) < 4.78 is 12.5. The Balaban J connectivity index is 1.57. The topological polar surface area (TPSA) is 91.0 Å². The van der Waals surface area contributed by atoms with Crippen LogP contribution in [0.5, 0.6) is 5.75 Å². The molecule has 0 aliphatic carbocycles. The van der Waals surface area contributed by atoms with Gasteiger partial charge >= 0.3 is 5.97 Å². The summed E-state index contributed by atoms with van der Waals surface area (Å²) in [4.78, 5) is 27.3. The molecule has 0 radical (unpaired) electrons. The van der Waals surface area contributed by atoms with Crippen LogP contribution in [0.2, 0.25) is 5.02 Å². The van der Waals surface area contributed by atoms with Crippen molar-refractivity contribution in [2.75, 3.05) is 0 Å². The minimum absolute atomic E-state index is 0.0129. The number of hydrogen-bond donors (Lipinski definition) is 0. The molecule has 10 heteroatoms. The van der Waals surface area contributed by atoms with Crippen molar-refractivity contribution in [1.82, 2.24) is 0 Å². The summed E-state index contributed by atoms with van der Waals surface area (Å²) in [6, 6.07) is 15.5. The molecule has 0 aromatic heterocycles. The standard InChI is InChI=1S/C24H15Br2ClN2O5/c1-13-5-6-16(11-21(13)29(31)32)23-28-20(24(30)34-23)10-15-8-18(25)22(19(26)9-15)33-12-14-3-2-4-17(27)7-14/h2-11H,12H2,1H3/b20-10-. The highest BCUT2D eigenvalue weighted by molar-refractivity contribution is 9.11. The van der Waals surface area contributed by atoms with Crippen molar-refractivity contribution in [3.05, 3.63) is 107 Å². The van der Waals surface area contributed by atoms with Gasteiger partial charge in [-0.3, -0.25) is 10.1 Å². The summed E-state index contributed by atoms with van der Waals surface area (Å²) in [6.45, 7) is 1.95. The molecule has 0 saturated carbocycles. The van der Waals surface area contributed by atoms with E-state index in [2.05, 4.69) is 36.9 Å². The summed E-state index contributed by atoms with van der Waals surface area (Å²) in [5.41, 5.74) is 2.44.